The van der Waals surface area contributed by atoms with Crippen molar-refractivity contribution < 1.29 is 0 Å². The molecule has 0 fully saturated rings. The second-order valence-electron chi connectivity index (χ2n) is 7.82. The van der Waals surface area contributed by atoms with Gasteiger partial charge in [-0.2, -0.15) is 0 Å². The molecule has 7 aromatic rings. The number of aromatic nitrogens is 5. The monoisotopic (exact) mass is 411 g/mol. The third-order valence-electron chi connectivity index (χ3n) is 6.07. The molecule has 0 bridgehead atoms. The van der Waals surface area contributed by atoms with Crippen molar-refractivity contribution in [2.24, 2.45) is 0 Å². The summed E-state index contributed by atoms with van der Waals surface area (Å²) in [4.78, 5) is 14.1. The molecule has 7 rings (SSSR count). The van der Waals surface area contributed by atoms with Crippen LogP contribution in [-0.4, -0.2) is 24.1 Å². The number of hydrogen-bond acceptors (Lipinski definition) is 3. The third-order valence-corrected chi connectivity index (χ3v) is 6.07. The highest BCUT2D eigenvalue weighted by molar-refractivity contribution is 6.08. The zero-order chi connectivity index (χ0) is 21.1. The Morgan fingerprint density at radius 2 is 1.03 bits per heavy atom. The smallest absolute Gasteiger partial charge is 0.139 e. The average molecular weight is 411 g/mol. The molecule has 5 heterocycles. The van der Waals surface area contributed by atoms with E-state index in [9.17, 15) is 0 Å². The predicted molar refractivity (Wildman–Crippen MR) is 129 cm³/mol. The average Bonchev–Trinajstić information content (AvgIpc) is 3.37. The van der Waals surface area contributed by atoms with E-state index in [4.69, 9.17) is 4.98 Å². The molecule has 0 spiro atoms. The highest BCUT2D eigenvalue weighted by Crippen LogP contribution is 2.33. The van der Waals surface area contributed by atoms with Crippen molar-refractivity contribution in [3.63, 3.8) is 0 Å². The summed E-state index contributed by atoms with van der Waals surface area (Å²) in [5.74, 6) is 0.858. The van der Waals surface area contributed by atoms with Gasteiger partial charge in [-0.05, 0) is 42.5 Å². The zero-order valence-corrected chi connectivity index (χ0v) is 17.1. The van der Waals surface area contributed by atoms with Crippen molar-refractivity contribution in [1.29, 1.82) is 0 Å². The lowest BCUT2D eigenvalue weighted by Gasteiger charge is -2.11. The molecule has 0 aliphatic carbocycles. The molecule has 0 N–H and O–H groups in total. The highest BCUT2D eigenvalue weighted by Gasteiger charge is 2.16. The summed E-state index contributed by atoms with van der Waals surface area (Å²) in [6.45, 7) is 0. The minimum Gasteiger partial charge on any atom is -0.307 e. The molecule has 0 amide bonds. The summed E-state index contributed by atoms with van der Waals surface area (Å²) >= 11 is 0. The molecule has 2 aromatic carbocycles. The van der Waals surface area contributed by atoms with Crippen molar-refractivity contribution >= 4 is 43.9 Å². The molecule has 150 valence electrons. The van der Waals surface area contributed by atoms with Crippen LogP contribution < -0.4 is 0 Å². The van der Waals surface area contributed by atoms with Gasteiger partial charge in [0.05, 0.1) is 38.8 Å². The first-order chi connectivity index (χ1) is 15.9. The summed E-state index contributed by atoms with van der Waals surface area (Å²) in [7, 11) is 0. The molecule has 0 aliphatic rings. The van der Waals surface area contributed by atoms with Gasteiger partial charge >= 0.3 is 0 Å². The minimum atomic E-state index is 0.858. The minimum absolute atomic E-state index is 0.858. The molecule has 5 nitrogen and oxygen atoms in total. The largest absolute Gasteiger partial charge is 0.307 e. The standard InChI is InChI=1S/C27H17N5/c1-3-9-21-19(7-1)26-23(11-5-14-29-26)31(21)18-13-16-28-25(17-18)32-22-10-4-2-8-20(22)27-24(32)12-6-15-30-27/h1-17H. The summed E-state index contributed by atoms with van der Waals surface area (Å²) in [5, 5.41) is 2.26. The number of nitrogens with zero attached hydrogens (tertiary/aromatic N) is 5. The van der Waals surface area contributed by atoms with Gasteiger partial charge in [0, 0.05) is 35.4 Å². The summed E-state index contributed by atoms with van der Waals surface area (Å²) in [6, 6.07) is 29.1. The van der Waals surface area contributed by atoms with Gasteiger partial charge in [0.15, 0.2) is 0 Å². The lowest BCUT2D eigenvalue weighted by atomic mass is 10.2. The van der Waals surface area contributed by atoms with E-state index in [1.54, 1.807) is 0 Å². The Labute approximate surface area is 183 Å². The quantitative estimate of drug-likeness (QED) is 0.347. The Bertz CT molecular complexity index is 1560. The molecular weight excluding hydrogens is 394 g/mol. The Morgan fingerprint density at radius 1 is 0.469 bits per heavy atom. The van der Waals surface area contributed by atoms with Crippen molar-refractivity contribution in [3.05, 3.63) is 104 Å². The number of pyridine rings is 3. The lowest BCUT2D eigenvalue weighted by molar-refractivity contribution is 1.05. The van der Waals surface area contributed by atoms with Gasteiger partial charge in [-0.1, -0.05) is 36.4 Å². The number of hydrogen-bond donors (Lipinski definition) is 0. The van der Waals surface area contributed by atoms with E-state index >= 15 is 0 Å². The molecule has 0 atom stereocenters. The van der Waals surface area contributed by atoms with Crippen LogP contribution in [0.3, 0.4) is 0 Å². The van der Waals surface area contributed by atoms with E-state index in [2.05, 4.69) is 91.9 Å². The maximum absolute atomic E-state index is 4.76. The van der Waals surface area contributed by atoms with Gasteiger partial charge in [-0.15, -0.1) is 0 Å². The number of benzene rings is 2. The number of para-hydroxylation sites is 2. The van der Waals surface area contributed by atoms with Crippen molar-refractivity contribution in [2.75, 3.05) is 0 Å². The second-order valence-corrected chi connectivity index (χ2v) is 7.82. The lowest BCUT2D eigenvalue weighted by Crippen LogP contribution is -2.01. The Balaban J connectivity index is 1.55. The van der Waals surface area contributed by atoms with Crippen LogP contribution in [0.25, 0.3) is 55.4 Å². The molecule has 5 aromatic heterocycles. The third kappa shape index (κ3) is 2.30. The first-order valence-corrected chi connectivity index (χ1v) is 10.6. The van der Waals surface area contributed by atoms with E-state index in [1.165, 1.54) is 0 Å². The van der Waals surface area contributed by atoms with Gasteiger partial charge in [-0.3, -0.25) is 14.5 Å². The van der Waals surface area contributed by atoms with Crippen LogP contribution >= 0.6 is 0 Å². The van der Waals surface area contributed by atoms with Crippen molar-refractivity contribution in [2.45, 2.75) is 0 Å². The molecule has 32 heavy (non-hydrogen) atoms. The SMILES string of the molecule is c1ccc2c(c1)c1ncccc1n2-c1ccnc(-n2c3ccccc3c3ncccc32)c1. The summed E-state index contributed by atoms with van der Waals surface area (Å²) in [6.07, 6.45) is 5.56. The fourth-order valence-electron chi connectivity index (χ4n) is 4.76. The number of fused-ring (bicyclic) bond motifs is 6. The van der Waals surface area contributed by atoms with E-state index in [0.29, 0.717) is 0 Å². The zero-order valence-electron chi connectivity index (χ0n) is 17.1. The molecule has 0 unspecified atom stereocenters. The van der Waals surface area contributed by atoms with E-state index in [0.717, 1.165) is 55.4 Å². The van der Waals surface area contributed by atoms with E-state index < -0.39 is 0 Å². The van der Waals surface area contributed by atoms with Crippen molar-refractivity contribution in [3.8, 4) is 11.5 Å². The summed E-state index contributed by atoms with van der Waals surface area (Å²) < 4.78 is 4.45. The first-order valence-electron chi connectivity index (χ1n) is 10.6. The van der Waals surface area contributed by atoms with Crippen LogP contribution in [0, 0.1) is 0 Å². The van der Waals surface area contributed by atoms with Crippen LogP contribution in [0.4, 0.5) is 0 Å². The maximum Gasteiger partial charge on any atom is 0.139 e. The topological polar surface area (TPSA) is 48.5 Å². The van der Waals surface area contributed by atoms with E-state index in [1.807, 2.05) is 30.7 Å². The van der Waals surface area contributed by atoms with Gasteiger partial charge in [-0.25, -0.2) is 4.98 Å². The number of rotatable bonds is 2. The van der Waals surface area contributed by atoms with Gasteiger partial charge in [0.1, 0.15) is 5.82 Å². The van der Waals surface area contributed by atoms with Crippen LogP contribution in [0.15, 0.2) is 104 Å². The maximum atomic E-state index is 4.76. The highest BCUT2D eigenvalue weighted by atomic mass is 15.1. The second kappa shape index (κ2) is 6.49. The van der Waals surface area contributed by atoms with Crippen LogP contribution in [0.5, 0.6) is 0 Å². The molecule has 0 saturated heterocycles. The first kappa shape index (κ1) is 17.2. The Morgan fingerprint density at radius 3 is 1.72 bits per heavy atom. The molecular formula is C27H17N5. The van der Waals surface area contributed by atoms with Gasteiger partial charge in [0.25, 0.3) is 0 Å². The van der Waals surface area contributed by atoms with Gasteiger partial charge < -0.3 is 4.57 Å². The molecule has 0 radical (unpaired) electrons. The molecule has 5 heteroatoms. The normalized spacial score (nSPS) is 11.8. The van der Waals surface area contributed by atoms with Crippen LogP contribution in [0.2, 0.25) is 0 Å². The summed E-state index contributed by atoms with van der Waals surface area (Å²) in [5.41, 5.74) is 7.37. The van der Waals surface area contributed by atoms with Crippen LogP contribution in [0.1, 0.15) is 0 Å². The molecule has 0 aliphatic heterocycles. The Hall–Kier alpha value is -4.51. The van der Waals surface area contributed by atoms with Gasteiger partial charge in [0.2, 0.25) is 0 Å². The molecule has 0 saturated carbocycles. The van der Waals surface area contributed by atoms with Crippen molar-refractivity contribution in [1.82, 2.24) is 24.1 Å². The Kier molecular flexibility index (Phi) is 3.49. The van der Waals surface area contributed by atoms with Crippen LogP contribution in [-0.2, 0) is 0 Å². The fourth-order valence-corrected chi connectivity index (χ4v) is 4.76. The van der Waals surface area contributed by atoms with E-state index in [-0.39, 0.29) is 0 Å². The predicted octanol–water partition coefficient (Wildman–Crippen LogP) is 6.07. The fraction of sp³-hybridized carbons (Fsp3) is 0.